The van der Waals surface area contributed by atoms with Crippen LogP contribution in [0.4, 0.5) is 5.69 Å². The first-order chi connectivity index (χ1) is 15.9. The summed E-state index contributed by atoms with van der Waals surface area (Å²) in [5.41, 5.74) is 3.53. The number of benzene rings is 2. The zero-order valence-corrected chi connectivity index (χ0v) is 19.6. The first-order valence-electron chi connectivity index (χ1n) is 10.5. The maximum absolute atomic E-state index is 13.5. The van der Waals surface area contributed by atoms with E-state index in [1.54, 1.807) is 11.5 Å². The summed E-state index contributed by atoms with van der Waals surface area (Å²) in [6, 6.07) is 16.8. The average molecular weight is 460 g/mol. The molecule has 1 aliphatic rings. The number of hydrogen-bond acceptors (Lipinski definition) is 6. The van der Waals surface area contributed by atoms with E-state index in [0.29, 0.717) is 20.6 Å². The largest absolute Gasteiger partial charge is 0.458 e. The Kier molecular flexibility index (Phi) is 6.42. The maximum Gasteiger partial charge on any atom is 0.338 e. The number of carbonyl (C=O) groups is 1. The van der Waals surface area contributed by atoms with Crippen molar-refractivity contribution in [1.29, 1.82) is 0 Å². The highest BCUT2D eigenvalue weighted by Crippen LogP contribution is 2.30. The van der Waals surface area contributed by atoms with E-state index in [1.165, 1.54) is 17.4 Å². The predicted molar refractivity (Wildman–Crippen MR) is 132 cm³/mol. The van der Waals surface area contributed by atoms with Gasteiger partial charge in [-0.05, 0) is 36.3 Å². The number of allylic oxidation sites excluding steroid dienone is 1. The molecule has 0 fully saturated rings. The molecule has 7 heteroatoms. The van der Waals surface area contributed by atoms with E-state index >= 15 is 0 Å². The van der Waals surface area contributed by atoms with Crippen LogP contribution < -0.4 is 19.8 Å². The van der Waals surface area contributed by atoms with Gasteiger partial charge in [0.25, 0.3) is 5.56 Å². The number of fused-ring (bicyclic) bond motifs is 1. The van der Waals surface area contributed by atoms with Gasteiger partial charge in [0.15, 0.2) is 4.80 Å². The van der Waals surface area contributed by atoms with Crippen molar-refractivity contribution in [3.63, 3.8) is 0 Å². The van der Waals surface area contributed by atoms with Gasteiger partial charge in [-0.15, -0.1) is 0 Å². The topological polar surface area (TPSA) is 63.9 Å². The molecule has 1 aliphatic heterocycles. The van der Waals surface area contributed by atoms with Gasteiger partial charge in [-0.2, -0.15) is 0 Å². The van der Waals surface area contributed by atoms with Crippen molar-refractivity contribution in [3.8, 4) is 0 Å². The van der Waals surface area contributed by atoms with Crippen LogP contribution in [0.15, 0.2) is 88.3 Å². The van der Waals surface area contributed by atoms with Crippen molar-refractivity contribution in [3.05, 3.63) is 109 Å². The fraction of sp³-hybridized carbons (Fsp3) is 0.192. The van der Waals surface area contributed by atoms with Gasteiger partial charge in [-0.1, -0.05) is 66.5 Å². The number of aromatic nitrogens is 1. The van der Waals surface area contributed by atoms with Crippen molar-refractivity contribution < 1.29 is 9.53 Å². The normalized spacial score (nSPS) is 15.6. The van der Waals surface area contributed by atoms with E-state index in [-0.39, 0.29) is 12.2 Å². The number of esters is 1. The van der Waals surface area contributed by atoms with E-state index in [4.69, 9.17) is 4.74 Å². The van der Waals surface area contributed by atoms with E-state index in [0.717, 1.165) is 16.8 Å². The second-order valence-electron chi connectivity index (χ2n) is 7.87. The lowest BCUT2D eigenvalue weighted by atomic mass is 9.96. The summed E-state index contributed by atoms with van der Waals surface area (Å²) in [7, 11) is 3.97. The smallest absolute Gasteiger partial charge is 0.338 e. The summed E-state index contributed by atoms with van der Waals surface area (Å²) >= 11 is 1.32. The third-order valence-electron chi connectivity index (χ3n) is 5.40. The van der Waals surface area contributed by atoms with Crippen LogP contribution >= 0.6 is 11.3 Å². The summed E-state index contributed by atoms with van der Waals surface area (Å²) in [4.78, 5) is 33.7. The van der Waals surface area contributed by atoms with Crippen LogP contribution in [0.25, 0.3) is 6.08 Å². The number of nitrogens with zero attached hydrogens (tertiary/aromatic N) is 3. The van der Waals surface area contributed by atoms with E-state index in [9.17, 15) is 9.59 Å². The predicted octanol–water partition coefficient (Wildman–Crippen LogP) is 3.03. The Morgan fingerprint density at radius 2 is 1.88 bits per heavy atom. The molecule has 1 atom stereocenters. The monoisotopic (exact) mass is 459 g/mol. The number of ether oxygens (including phenoxy) is 1. The SMILES string of the molecule is C=CCOC(=O)C1=C(C)N=c2s/c(=C/c3ccc(N(C)C)cc3)c(=O)n2[C@H]1c1ccccc1. The van der Waals surface area contributed by atoms with Gasteiger partial charge in [0.05, 0.1) is 21.8 Å². The van der Waals surface area contributed by atoms with Crippen LogP contribution in [-0.2, 0) is 9.53 Å². The Balaban J connectivity index is 1.87. The van der Waals surface area contributed by atoms with Crippen LogP contribution in [0.1, 0.15) is 24.1 Å². The molecule has 0 unspecified atom stereocenters. The number of anilines is 1. The highest BCUT2D eigenvalue weighted by atomic mass is 32.1. The molecule has 0 amide bonds. The van der Waals surface area contributed by atoms with Crippen LogP contribution in [0.2, 0.25) is 0 Å². The summed E-state index contributed by atoms with van der Waals surface area (Å²) in [5, 5.41) is 0. The van der Waals surface area contributed by atoms with Gasteiger partial charge in [-0.25, -0.2) is 9.79 Å². The van der Waals surface area contributed by atoms with Gasteiger partial charge in [0.1, 0.15) is 6.61 Å². The molecule has 2 heterocycles. The molecule has 0 spiro atoms. The molecule has 0 radical (unpaired) electrons. The molecule has 33 heavy (non-hydrogen) atoms. The average Bonchev–Trinajstić information content (AvgIpc) is 3.11. The lowest BCUT2D eigenvalue weighted by Gasteiger charge is -2.24. The summed E-state index contributed by atoms with van der Waals surface area (Å²) in [6.07, 6.45) is 3.38. The molecule has 3 aromatic rings. The number of rotatable bonds is 6. The second-order valence-corrected chi connectivity index (χ2v) is 8.87. The molecular formula is C26H25N3O3S. The minimum Gasteiger partial charge on any atom is -0.458 e. The van der Waals surface area contributed by atoms with Crippen LogP contribution in [0.5, 0.6) is 0 Å². The molecule has 0 saturated carbocycles. The first kappa shape index (κ1) is 22.5. The van der Waals surface area contributed by atoms with Crippen molar-refractivity contribution in [2.45, 2.75) is 13.0 Å². The number of thiazole rings is 1. The van der Waals surface area contributed by atoms with Gasteiger partial charge in [0, 0.05) is 19.8 Å². The summed E-state index contributed by atoms with van der Waals surface area (Å²) < 4.78 is 7.49. The zero-order chi connectivity index (χ0) is 23.5. The summed E-state index contributed by atoms with van der Waals surface area (Å²) in [5.74, 6) is -0.501. The third kappa shape index (κ3) is 4.45. The third-order valence-corrected chi connectivity index (χ3v) is 6.38. The molecular weight excluding hydrogens is 434 g/mol. The fourth-order valence-electron chi connectivity index (χ4n) is 3.77. The Hall–Kier alpha value is -3.71. The second kappa shape index (κ2) is 9.42. The van der Waals surface area contributed by atoms with E-state index < -0.39 is 12.0 Å². The molecule has 4 rings (SSSR count). The van der Waals surface area contributed by atoms with E-state index in [2.05, 4.69) is 11.6 Å². The minimum absolute atomic E-state index is 0.0878. The van der Waals surface area contributed by atoms with Gasteiger partial charge in [0.2, 0.25) is 0 Å². The molecule has 0 N–H and O–H groups in total. The molecule has 2 aromatic carbocycles. The molecule has 0 aliphatic carbocycles. The van der Waals surface area contributed by atoms with Crippen molar-refractivity contribution >= 4 is 29.1 Å². The lowest BCUT2D eigenvalue weighted by molar-refractivity contribution is -0.138. The standard InChI is InChI=1S/C26H25N3O3S/c1-5-15-32-25(31)22-17(2)27-26-29(23(22)19-9-7-6-8-10-19)24(30)21(33-26)16-18-11-13-20(14-12-18)28(3)4/h5-14,16,23H,1,15H2,2-4H3/b21-16+/t23-/m0/s1. The lowest BCUT2D eigenvalue weighted by Crippen LogP contribution is -2.39. The maximum atomic E-state index is 13.5. The Morgan fingerprint density at radius 3 is 2.52 bits per heavy atom. The van der Waals surface area contributed by atoms with Gasteiger partial charge in [-0.3, -0.25) is 9.36 Å². The molecule has 168 valence electrons. The first-order valence-corrected chi connectivity index (χ1v) is 11.3. The van der Waals surface area contributed by atoms with E-state index in [1.807, 2.05) is 79.7 Å². The Bertz CT molecular complexity index is 1400. The van der Waals surface area contributed by atoms with Crippen molar-refractivity contribution in [2.24, 2.45) is 4.99 Å². The Morgan fingerprint density at radius 1 is 1.18 bits per heavy atom. The van der Waals surface area contributed by atoms with Gasteiger partial charge < -0.3 is 9.64 Å². The van der Waals surface area contributed by atoms with Crippen molar-refractivity contribution in [1.82, 2.24) is 4.57 Å². The zero-order valence-electron chi connectivity index (χ0n) is 18.8. The molecule has 6 nitrogen and oxygen atoms in total. The van der Waals surface area contributed by atoms with Gasteiger partial charge >= 0.3 is 5.97 Å². The quantitative estimate of drug-likeness (QED) is 0.420. The summed E-state index contributed by atoms with van der Waals surface area (Å²) in [6.45, 7) is 5.47. The Labute approximate surface area is 196 Å². The fourth-order valence-corrected chi connectivity index (χ4v) is 4.81. The highest BCUT2D eigenvalue weighted by Gasteiger charge is 2.33. The molecule has 0 bridgehead atoms. The van der Waals surface area contributed by atoms with Crippen LogP contribution in [0, 0.1) is 0 Å². The molecule has 0 saturated heterocycles. The number of carbonyl (C=O) groups excluding carboxylic acids is 1. The number of hydrogen-bond donors (Lipinski definition) is 0. The van der Waals surface area contributed by atoms with Crippen molar-refractivity contribution in [2.75, 3.05) is 25.6 Å². The highest BCUT2D eigenvalue weighted by molar-refractivity contribution is 7.07. The minimum atomic E-state index is -0.613. The molecule has 1 aromatic heterocycles. The van der Waals surface area contributed by atoms with Crippen LogP contribution in [0.3, 0.4) is 0 Å². The van der Waals surface area contributed by atoms with Crippen LogP contribution in [-0.4, -0.2) is 31.2 Å².